The number of carbonyl (C=O) groups is 1. The molecule has 1 heterocycles. The minimum Gasteiger partial charge on any atom is -0.460 e. The molecule has 1 amide bonds. The van der Waals surface area contributed by atoms with E-state index in [9.17, 15) is 4.79 Å². The van der Waals surface area contributed by atoms with E-state index in [-0.39, 0.29) is 11.8 Å². The van der Waals surface area contributed by atoms with Gasteiger partial charge in [0.1, 0.15) is 11.3 Å². The fourth-order valence-corrected chi connectivity index (χ4v) is 3.15. The molecule has 3 heteroatoms. The summed E-state index contributed by atoms with van der Waals surface area (Å²) in [5.74, 6) is 1.46. The highest BCUT2D eigenvalue weighted by molar-refractivity contribution is 5.83. The zero-order valence-corrected chi connectivity index (χ0v) is 13.6. The van der Waals surface area contributed by atoms with Gasteiger partial charge >= 0.3 is 0 Å². The van der Waals surface area contributed by atoms with Gasteiger partial charge in [-0.1, -0.05) is 48.5 Å². The molecular weight excluding hydrogens is 298 g/mol. The van der Waals surface area contributed by atoms with Crippen molar-refractivity contribution in [2.24, 2.45) is 5.92 Å². The molecule has 0 spiro atoms. The van der Waals surface area contributed by atoms with Gasteiger partial charge in [-0.05, 0) is 30.9 Å². The van der Waals surface area contributed by atoms with Crippen molar-refractivity contribution in [2.45, 2.75) is 25.7 Å². The minimum atomic E-state index is 0.201. The standard InChI is InChI=1S/C21H21NO2/c23-21(16-10-11-16)22-13-12-18-17-8-4-5-9-19(17)24-20(18)14-15-6-2-1-3-7-15/h1-9,16H,10-14H2,(H,22,23). The van der Waals surface area contributed by atoms with Crippen LogP contribution in [0, 0.1) is 5.92 Å². The van der Waals surface area contributed by atoms with Crippen molar-refractivity contribution in [3.63, 3.8) is 0 Å². The summed E-state index contributed by atoms with van der Waals surface area (Å²) >= 11 is 0. The topological polar surface area (TPSA) is 42.2 Å². The van der Waals surface area contributed by atoms with Gasteiger partial charge in [-0.3, -0.25) is 4.79 Å². The lowest BCUT2D eigenvalue weighted by atomic mass is 10.0. The molecular formula is C21H21NO2. The van der Waals surface area contributed by atoms with E-state index in [1.54, 1.807) is 0 Å². The predicted molar refractivity (Wildman–Crippen MR) is 94.9 cm³/mol. The zero-order chi connectivity index (χ0) is 16.4. The van der Waals surface area contributed by atoms with Crippen LogP contribution in [0.1, 0.15) is 29.7 Å². The molecule has 3 aromatic rings. The molecule has 1 aliphatic rings. The Labute approximate surface area is 141 Å². The first kappa shape index (κ1) is 15.0. The quantitative estimate of drug-likeness (QED) is 0.743. The number of nitrogens with one attached hydrogen (secondary N) is 1. The van der Waals surface area contributed by atoms with Crippen molar-refractivity contribution in [3.05, 3.63) is 71.5 Å². The molecule has 0 saturated heterocycles. The van der Waals surface area contributed by atoms with Crippen LogP contribution in [0.2, 0.25) is 0 Å². The number of para-hydroxylation sites is 1. The third kappa shape index (κ3) is 3.21. The number of benzene rings is 2. The first-order valence-electron chi connectivity index (χ1n) is 8.62. The van der Waals surface area contributed by atoms with Gasteiger partial charge in [0.15, 0.2) is 0 Å². The number of rotatable bonds is 6. The Morgan fingerprint density at radius 3 is 2.58 bits per heavy atom. The van der Waals surface area contributed by atoms with E-state index in [1.807, 2.05) is 36.4 Å². The van der Waals surface area contributed by atoms with Crippen molar-refractivity contribution in [2.75, 3.05) is 6.54 Å². The summed E-state index contributed by atoms with van der Waals surface area (Å²) in [5, 5.41) is 4.21. The van der Waals surface area contributed by atoms with Gasteiger partial charge in [0.2, 0.25) is 5.91 Å². The monoisotopic (exact) mass is 319 g/mol. The van der Waals surface area contributed by atoms with Crippen LogP contribution in [0.15, 0.2) is 59.0 Å². The molecule has 0 aliphatic heterocycles. The van der Waals surface area contributed by atoms with Gasteiger partial charge in [-0.15, -0.1) is 0 Å². The second-order valence-electron chi connectivity index (χ2n) is 6.48. The summed E-state index contributed by atoms with van der Waals surface area (Å²) in [6.07, 6.45) is 3.67. The molecule has 1 aromatic heterocycles. The van der Waals surface area contributed by atoms with Gasteiger partial charge in [0.25, 0.3) is 0 Å². The Kier molecular flexibility index (Phi) is 4.08. The highest BCUT2D eigenvalue weighted by Gasteiger charge is 2.29. The largest absolute Gasteiger partial charge is 0.460 e. The average molecular weight is 319 g/mol. The van der Waals surface area contributed by atoms with E-state index < -0.39 is 0 Å². The van der Waals surface area contributed by atoms with Crippen LogP contribution in [-0.4, -0.2) is 12.5 Å². The third-order valence-corrected chi connectivity index (χ3v) is 4.61. The number of fused-ring (bicyclic) bond motifs is 1. The minimum absolute atomic E-state index is 0.201. The first-order chi connectivity index (χ1) is 11.8. The van der Waals surface area contributed by atoms with Gasteiger partial charge in [0, 0.05) is 29.8 Å². The highest BCUT2D eigenvalue weighted by Crippen LogP contribution is 2.30. The van der Waals surface area contributed by atoms with Crippen LogP contribution in [-0.2, 0) is 17.6 Å². The number of furan rings is 1. The Bertz CT molecular complexity index is 847. The van der Waals surface area contributed by atoms with Gasteiger partial charge in [-0.25, -0.2) is 0 Å². The van der Waals surface area contributed by atoms with Crippen molar-refractivity contribution in [1.29, 1.82) is 0 Å². The smallest absolute Gasteiger partial charge is 0.223 e. The lowest BCUT2D eigenvalue weighted by Crippen LogP contribution is -2.27. The van der Waals surface area contributed by atoms with E-state index in [0.29, 0.717) is 6.54 Å². The second kappa shape index (κ2) is 6.52. The average Bonchev–Trinajstić information content (AvgIpc) is 3.40. The molecule has 1 aliphatic carbocycles. The summed E-state index contributed by atoms with van der Waals surface area (Å²) in [6.45, 7) is 0.667. The summed E-state index contributed by atoms with van der Waals surface area (Å²) in [6, 6.07) is 18.5. The molecule has 0 unspecified atom stereocenters. The maximum atomic E-state index is 11.8. The second-order valence-corrected chi connectivity index (χ2v) is 6.48. The summed E-state index contributed by atoms with van der Waals surface area (Å²) in [5.41, 5.74) is 3.37. The van der Waals surface area contributed by atoms with Gasteiger partial charge < -0.3 is 9.73 Å². The zero-order valence-electron chi connectivity index (χ0n) is 13.6. The first-order valence-corrected chi connectivity index (χ1v) is 8.62. The molecule has 4 rings (SSSR count). The Morgan fingerprint density at radius 2 is 1.79 bits per heavy atom. The molecule has 1 fully saturated rings. The summed E-state index contributed by atoms with van der Waals surface area (Å²) in [4.78, 5) is 11.8. The number of hydrogen-bond acceptors (Lipinski definition) is 2. The van der Waals surface area contributed by atoms with E-state index in [0.717, 1.165) is 42.4 Å². The number of carbonyl (C=O) groups excluding carboxylic acids is 1. The fraction of sp³-hybridized carbons (Fsp3) is 0.286. The Balaban J connectivity index is 1.56. The fourth-order valence-electron chi connectivity index (χ4n) is 3.15. The molecule has 0 bridgehead atoms. The van der Waals surface area contributed by atoms with Crippen molar-refractivity contribution >= 4 is 16.9 Å². The predicted octanol–water partition coefficient (Wildman–Crippen LogP) is 4.09. The molecule has 1 N–H and O–H groups in total. The molecule has 0 atom stereocenters. The maximum absolute atomic E-state index is 11.8. The van der Waals surface area contributed by atoms with Crippen LogP contribution in [0.3, 0.4) is 0 Å². The summed E-state index contributed by atoms with van der Waals surface area (Å²) < 4.78 is 6.11. The van der Waals surface area contributed by atoms with E-state index in [2.05, 4.69) is 23.5 Å². The Morgan fingerprint density at radius 1 is 1.04 bits per heavy atom. The Hall–Kier alpha value is -2.55. The van der Waals surface area contributed by atoms with Crippen molar-refractivity contribution < 1.29 is 9.21 Å². The SMILES string of the molecule is O=C(NCCc1c(Cc2ccccc2)oc2ccccc12)C1CC1. The van der Waals surface area contributed by atoms with E-state index in [1.165, 1.54) is 11.1 Å². The molecule has 0 radical (unpaired) electrons. The van der Waals surface area contributed by atoms with E-state index in [4.69, 9.17) is 4.42 Å². The van der Waals surface area contributed by atoms with Gasteiger partial charge in [-0.2, -0.15) is 0 Å². The molecule has 3 nitrogen and oxygen atoms in total. The van der Waals surface area contributed by atoms with Crippen molar-refractivity contribution in [1.82, 2.24) is 5.32 Å². The van der Waals surface area contributed by atoms with Crippen LogP contribution >= 0.6 is 0 Å². The van der Waals surface area contributed by atoms with Crippen LogP contribution in [0.4, 0.5) is 0 Å². The van der Waals surface area contributed by atoms with Crippen LogP contribution in [0.25, 0.3) is 11.0 Å². The van der Waals surface area contributed by atoms with Gasteiger partial charge in [0.05, 0.1) is 0 Å². The lowest BCUT2D eigenvalue weighted by Gasteiger charge is -2.06. The molecule has 2 aromatic carbocycles. The molecule has 1 saturated carbocycles. The van der Waals surface area contributed by atoms with Crippen LogP contribution in [0.5, 0.6) is 0 Å². The van der Waals surface area contributed by atoms with Crippen molar-refractivity contribution in [3.8, 4) is 0 Å². The van der Waals surface area contributed by atoms with Crippen LogP contribution < -0.4 is 5.32 Å². The maximum Gasteiger partial charge on any atom is 0.223 e. The van der Waals surface area contributed by atoms with E-state index >= 15 is 0 Å². The number of amides is 1. The third-order valence-electron chi connectivity index (χ3n) is 4.61. The highest BCUT2D eigenvalue weighted by atomic mass is 16.3. The normalized spacial score (nSPS) is 14.0. The molecule has 24 heavy (non-hydrogen) atoms. The summed E-state index contributed by atoms with van der Waals surface area (Å²) in [7, 11) is 0. The molecule has 122 valence electrons. The lowest BCUT2D eigenvalue weighted by molar-refractivity contribution is -0.122. The number of hydrogen-bond donors (Lipinski definition) is 1.